The van der Waals surface area contributed by atoms with Crippen molar-refractivity contribution in [3.05, 3.63) is 35.8 Å². The summed E-state index contributed by atoms with van der Waals surface area (Å²) in [7, 11) is 0. The van der Waals surface area contributed by atoms with Crippen molar-refractivity contribution in [2.45, 2.75) is 0 Å². The zero-order valence-electron chi connectivity index (χ0n) is 7.40. The molecule has 0 amide bonds. The highest BCUT2D eigenvalue weighted by Crippen LogP contribution is 2.32. The van der Waals surface area contributed by atoms with Crippen LogP contribution >= 0.6 is 11.3 Å². The average molecular weight is 200 g/mol. The lowest BCUT2D eigenvalue weighted by atomic mass is 10.1. The van der Waals surface area contributed by atoms with Crippen molar-refractivity contribution < 1.29 is 0 Å². The Morgan fingerprint density at radius 2 is 2.07 bits per heavy atom. The maximum Gasteiger partial charge on any atom is 0.126 e. The summed E-state index contributed by atoms with van der Waals surface area (Å²) in [5.74, 6) is 0. The molecule has 0 saturated heterocycles. The predicted octanol–water partition coefficient (Wildman–Crippen LogP) is 3.03. The van der Waals surface area contributed by atoms with E-state index in [9.17, 15) is 0 Å². The van der Waals surface area contributed by atoms with Crippen molar-refractivity contribution in [1.29, 1.82) is 0 Å². The number of nitrogens with zero attached hydrogens (tertiary/aromatic N) is 1. The highest BCUT2D eigenvalue weighted by Gasteiger charge is 2.05. The lowest BCUT2D eigenvalue weighted by molar-refractivity contribution is 1.48. The first-order chi connectivity index (χ1) is 6.86. The van der Waals surface area contributed by atoms with Crippen molar-refractivity contribution in [2.24, 2.45) is 0 Å². The molecule has 68 valence electrons. The van der Waals surface area contributed by atoms with E-state index >= 15 is 0 Å². The molecule has 0 aliphatic rings. The van der Waals surface area contributed by atoms with Gasteiger partial charge in [-0.15, -0.1) is 11.3 Å². The normalized spacial score (nSPS) is 11.1. The Labute approximate surface area is 85.0 Å². The molecule has 0 fully saturated rings. The van der Waals surface area contributed by atoms with E-state index in [1.807, 2.05) is 23.7 Å². The summed E-state index contributed by atoms with van der Waals surface area (Å²) >= 11 is 1.59. The summed E-state index contributed by atoms with van der Waals surface area (Å²) in [6.07, 6.45) is 1.90. The van der Waals surface area contributed by atoms with E-state index in [-0.39, 0.29) is 0 Å². The molecule has 3 rings (SSSR count). The van der Waals surface area contributed by atoms with Gasteiger partial charge in [0.25, 0.3) is 0 Å². The van der Waals surface area contributed by atoms with Gasteiger partial charge in [-0.2, -0.15) is 0 Å². The van der Waals surface area contributed by atoms with Gasteiger partial charge in [0.05, 0.1) is 5.69 Å². The minimum Gasteiger partial charge on any atom is -0.397 e. The Morgan fingerprint density at radius 3 is 3.00 bits per heavy atom. The molecule has 0 radical (unpaired) electrons. The maximum atomic E-state index is 5.91. The second kappa shape index (κ2) is 2.69. The summed E-state index contributed by atoms with van der Waals surface area (Å²) in [6, 6.07) is 8.18. The molecule has 3 heteroatoms. The second-order valence-corrected chi connectivity index (χ2v) is 4.07. The van der Waals surface area contributed by atoms with Gasteiger partial charge in [-0.05, 0) is 5.39 Å². The number of fused-ring (bicyclic) bond motifs is 3. The largest absolute Gasteiger partial charge is 0.397 e. The molecule has 0 aliphatic carbocycles. The Hall–Kier alpha value is -1.61. The van der Waals surface area contributed by atoms with Gasteiger partial charge < -0.3 is 5.73 Å². The monoisotopic (exact) mass is 200 g/mol. The van der Waals surface area contributed by atoms with E-state index in [0.29, 0.717) is 0 Å². The molecule has 0 unspecified atom stereocenters. The summed E-state index contributed by atoms with van der Waals surface area (Å²) in [4.78, 5) is 5.38. The van der Waals surface area contributed by atoms with Crippen LogP contribution < -0.4 is 5.73 Å². The third-order valence-electron chi connectivity index (χ3n) is 2.35. The van der Waals surface area contributed by atoms with Crippen molar-refractivity contribution in [3.63, 3.8) is 0 Å². The summed E-state index contributed by atoms with van der Waals surface area (Å²) in [6.45, 7) is 0. The number of thiophene rings is 1. The van der Waals surface area contributed by atoms with Gasteiger partial charge in [-0.25, -0.2) is 4.98 Å². The number of rotatable bonds is 0. The average Bonchev–Trinajstić information content (AvgIpc) is 2.61. The SMILES string of the molecule is Nc1csc2ncc3ccccc3c12. The smallest absolute Gasteiger partial charge is 0.126 e. The lowest BCUT2D eigenvalue weighted by Crippen LogP contribution is -1.83. The van der Waals surface area contributed by atoms with Crippen molar-refractivity contribution in [1.82, 2.24) is 4.98 Å². The molecule has 0 atom stereocenters. The molecule has 2 aromatic heterocycles. The molecule has 2 nitrogen and oxygen atoms in total. The van der Waals surface area contributed by atoms with E-state index in [4.69, 9.17) is 5.73 Å². The molecule has 2 heterocycles. The number of hydrogen-bond donors (Lipinski definition) is 1. The fourth-order valence-electron chi connectivity index (χ4n) is 1.69. The van der Waals surface area contributed by atoms with E-state index in [1.54, 1.807) is 11.3 Å². The quantitative estimate of drug-likeness (QED) is 0.605. The fourth-order valence-corrected chi connectivity index (χ4v) is 2.51. The van der Waals surface area contributed by atoms with Crippen LogP contribution in [-0.4, -0.2) is 4.98 Å². The van der Waals surface area contributed by atoms with Crippen molar-refractivity contribution >= 4 is 38.0 Å². The molecule has 0 saturated carbocycles. The van der Waals surface area contributed by atoms with E-state index in [1.165, 1.54) is 5.39 Å². The topological polar surface area (TPSA) is 38.9 Å². The van der Waals surface area contributed by atoms with Crippen LogP contribution in [-0.2, 0) is 0 Å². The van der Waals surface area contributed by atoms with Crippen LogP contribution in [0.3, 0.4) is 0 Å². The predicted molar refractivity (Wildman–Crippen MR) is 61.5 cm³/mol. The Bertz CT molecular complexity index is 613. The highest BCUT2D eigenvalue weighted by molar-refractivity contribution is 7.17. The third-order valence-corrected chi connectivity index (χ3v) is 3.26. The zero-order chi connectivity index (χ0) is 9.54. The molecule has 14 heavy (non-hydrogen) atoms. The van der Waals surface area contributed by atoms with Crippen LogP contribution in [0.4, 0.5) is 5.69 Å². The van der Waals surface area contributed by atoms with Crippen LogP contribution in [0.25, 0.3) is 21.0 Å². The standard InChI is InChI=1S/C11H8N2S/c12-9-6-14-11-10(9)8-4-2-1-3-7(8)5-13-11/h1-6H,12H2. The molecule has 1 aromatic carbocycles. The maximum absolute atomic E-state index is 5.91. The molecular formula is C11H8N2S. The second-order valence-electron chi connectivity index (χ2n) is 3.22. The number of aromatic nitrogens is 1. The summed E-state index contributed by atoms with van der Waals surface area (Å²) in [5.41, 5.74) is 6.74. The van der Waals surface area contributed by atoms with Crippen LogP contribution in [0.2, 0.25) is 0 Å². The minimum atomic E-state index is 0.828. The number of pyridine rings is 1. The van der Waals surface area contributed by atoms with E-state index in [2.05, 4.69) is 17.1 Å². The minimum absolute atomic E-state index is 0.828. The number of hydrogen-bond acceptors (Lipinski definition) is 3. The van der Waals surface area contributed by atoms with E-state index in [0.717, 1.165) is 21.3 Å². The molecular weight excluding hydrogens is 192 g/mol. The Kier molecular flexibility index (Phi) is 1.49. The van der Waals surface area contributed by atoms with Gasteiger partial charge in [0, 0.05) is 22.3 Å². The Morgan fingerprint density at radius 1 is 1.21 bits per heavy atom. The third kappa shape index (κ3) is 0.930. The first kappa shape index (κ1) is 7.76. The number of anilines is 1. The van der Waals surface area contributed by atoms with Crippen molar-refractivity contribution in [2.75, 3.05) is 5.73 Å². The highest BCUT2D eigenvalue weighted by atomic mass is 32.1. The first-order valence-electron chi connectivity index (χ1n) is 4.37. The van der Waals surface area contributed by atoms with Crippen molar-refractivity contribution in [3.8, 4) is 0 Å². The van der Waals surface area contributed by atoms with Crippen LogP contribution in [0, 0.1) is 0 Å². The molecule has 3 aromatic rings. The van der Waals surface area contributed by atoms with Gasteiger partial charge in [0.15, 0.2) is 0 Å². The van der Waals surface area contributed by atoms with Crippen LogP contribution in [0.1, 0.15) is 0 Å². The van der Waals surface area contributed by atoms with Gasteiger partial charge in [-0.1, -0.05) is 24.3 Å². The lowest BCUT2D eigenvalue weighted by Gasteiger charge is -1.98. The number of benzene rings is 1. The van der Waals surface area contributed by atoms with Crippen LogP contribution in [0.15, 0.2) is 35.8 Å². The van der Waals surface area contributed by atoms with E-state index < -0.39 is 0 Å². The summed E-state index contributed by atoms with van der Waals surface area (Å²) < 4.78 is 0. The van der Waals surface area contributed by atoms with Crippen LogP contribution in [0.5, 0.6) is 0 Å². The molecule has 2 N–H and O–H groups in total. The molecule has 0 bridgehead atoms. The van der Waals surface area contributed by atoms with Gasteiger partial charge in [0.1, 0.15) is 4.83 Å². The molecule has 0 aliphatic heterocycles. The fraction of sp³-hybridized carbons (Fsp3) is 0. The Balaban J connectivity index is 2.65. The first-order valence-corrected chi connectivity index (χ1v) is 5.24. The number of nitrogens with two attached hydrogens (primary N) is 1. The summed E-state index contributed by atoms with van der Waals surface area (Å²) in [5, 5.41) is 5.37. The van der Waals surface area contributed by atoms with Gasteiger partial charge in [0.2, 0.25) is 0 Å². The van der Waals surface area contributed by atoms with Gasteiger partial charge in [-0.3, -0.25) is 0 Å². The zero-order valence-corrected chi connectivity index (χ0v) is 8.21. The number of nitrogen functional groups attached to an aromatic ring is 1. The van der Waals surface area contributed by atoms with Gasteiger partial charge >= 0.3 is 0 Å². The molecule has 0 spiro atoms.